The van der Waals surface area contributed by atoms with Gasteiger partial charge in [0.25, 0.3) is 11.8 Å². The third-order valence-electron chi connectivity index (χ3n) is 5.44. The second-order valence-electron chi connectivity index (χ2n) is 7.85. The van der Waals surface area contributed by atoms with Gasteiger partial charge in [0, 0.05) is 31.7 Å². The number of hydrogen-bond donors (Lipinski definition) is 2. The van der Waals surface area contributed by atoms with Gasteiger partial charge in [0.1, 0.15) is 11.6 Å². The summed E-state index contributed by atoms with van der Waals surface area (Å²) in [5, 5.41) is 4.57. The second-order valence-corrected chi connectivity index (χ2v) is 8.67. The zero-order valence-electron chi connectivity index (χ0n) is 18.5. The molecule has 0 aliphatic carbocycles. The first kappa shape index (κ1) is 24.8. The molecule has 4 rings (SSSR count). The van der Waals surface area contributed by atoms with Crippen LogP contribution >= 0.6 is 23.2 Å². The largest absolute Gasteiger partial charge is 0.367 e. The molecule has 1 aromatic heterocycles. The smallest absolute Gasteiger partial charge is 0.276 e. The van der Waals surface area contributed by atoms with Crippen LogP contribution in [0, 0.1) is 11.6 Å². The summed E-state index contributed by atoms with van der Waals surface area (Å²) in [6.45, 7) is 2.99. The van der Waals surface area contributed by atoms with Gasteiger partial charge in [-0.05, 0) is 37.4 Å². The third-order valence-corrected chi connectivity index (χ3v) is 6.03. The van der Waals surface area contributed by atoms with E-state index >= 15 is 0 Å². The van der Waals surface area contributed by atoms with Gasteiger partial charge >= 0.3 is 0 Å². The van der Waals surface area contributed by atoms with E-state index in [2.05, 4.69) is 25.5 Å². The number of para-hydroxylation sites is 1. The lowest BCUT2D eigenvalue weighted by Gasteiger charge is -2.34. The van der Waals surface area contributed by atoms with Crippen molar-refractivity contribution in [3.8, 4) is 0 Å². The topological polar surface area (TPSA) is 90.5 Å². The monoisotopic (exact) mass is 520 g/mol. The molecule has 1 aliphatic rings. The minimum absolute atomic E-state index is 0.0147. The summed E-state index contributed by atoms with van der Waals surface area (Å²) < 4.78 is 28.8. The number of carbonyl (C=O) groups excluding carboxylic acids is 2. The molecule has 0 atom stereocenters. The van der Waals surface area contributed by atoms with Gasteiger partial charge in [-0.15, -0.1) is 0 Å². The summed E-state index contributed by atoms with van der Waals surface area (Å²) in [6.07, 6.45) is 1.11. The van der Waals surface area contributed by atoms with Crippen molar-refractivity contribution in [1.82, 2.24) is 14.9 Å². The molecule has 0 spiro atoms. The van der Waals surface area contributed by atoms with Crippen LogP contribution in [0.5, 0.6) is 0 Å². The van der Waals surface area contributed by atoms with Crippen molar-refractivity contribution >= 4 is 52.3 Å². The standard InChI is InChI=1S/C23H20Cl2F2N6O2/c1-32-7-9-33(10-8-32)18-6-5-13(11-17(18)27)21(34)31-23-28-12-15(25)20(30-23)22(35)29-19-14(24)3-2-4-16(19)26/h2-6,11-12H,7-10H2,1H3,(H,29,35)(H,28,30,31,34). The molecular weight excluding hydrogens is 501 g/mol. The van der Waals surface area contributed by atoms with E-state index in [-0.39, 0.29) is 32.9 Å². The zero-order chi connectivity index (χ0) is 25.1. The minimum Gasteiger partial charge on any atom is -0.367 e. The molecular formula is C23H20Cl2F2N6O2. The number of rotatable bonds is 5. The van der Waals surface area contributed by atoms with Crippen molar-refractivity contribution < 1.29 is 18.4 Å². The molecule has 2 aromatic carbocycles. The van der Waals surface area contributed by atoms with E-state index < -0.39 is 23.4 Å². The number of benzene rings is 2. The van der Waals surface area contributed by atoms with Crippen LogP contribution in [0.3, 0.4) is 0 Å². The molecule has 2 N–H and O–H groups in total. The molecule has 0 saturated carbocycles. The van der Waals surface area contributed by atoms with Gasteiger partial charge in [-0.3, -0.25) is 14.9 Å². The van der Waals surface area contributed by atoms with Crippen LogP contribution in [0.4, 0.5) is 26.1 Å². The Balaban J connectivity index is 1.49. The molecule has 182 valence electrons. The van der Waals surface area contributed by atoms with Crippen molar-refractivity contribution in [2.75, 3.05) is 48.8 Å². The summed E-state index contributed by atoms with van der Waals surface area (Å²) in [5.41, 5.74) is -0.0885. The van der Waals surface area contributed by atoms with E-state index in [1.54, 1.807) is 6.07 Å². The van der Waals surface area contributed by atoms with Gasteiger partial charge in [-0.1, -0.05) is 29.3 Å². The van der Waals surface area contributed by atoms with E-state index in [0.29, 0.717) is 18.8 Å². The normalized spacial score (nSPS) is 14.0. The lowest BCUT2D eigenvalue weighted by atomic mass is 10.1. The Morgan fingerprint density at radius 3 is 2.37 bits per heavy atom. The Kier molecular flexibility index (Phi) is 7.44. The number of anilines is 3. The number of halogens is 4. The first-order valence-electron chi connectivity index (χ1n) is 10.5. The fraction of sp³-hybridized carbons (Fsp3) is 0.217. The van der Waals surface area contributed by atoms with Gasteiger partial charge in [-0.2, -0.15) is 0 Å². The fourth-order valence-electron chi connectivity index (χ4n) is 3.50. The highest BCUT2D eigenvalue weighted by atomic mass is 35.5. The Labute approximate surface area is 209 Å². The van der Waals surface area contributed by atoms with E-state index in [0.717, 1.165) is 31.4 Å². The summed E-state index contributed by atoms with van der Waals surface area (Å²) >= 11 is 12.0. The molecule has 12 heteroatoms. The highest BCUT2D eigenvalue weighted by Gasteiger charge is 2.21. The summed E-state index contributed by atoms with van der Waals surface area (Å²) in [7, 11) is 2.00. The summed E-state index contributed by atoms with van der Waals surface area (Å²) in [6, 6.07) is 8.10. The number of amides is 2. The van der Waals surface area contributed by atoms with Gasteiger partial charge in [0.05, 0.1) is 27.6 Å². The Bertz CT molecular complexity index is 1260. The highest BCUT2D eigenvalue weighted by molar-refractivity contribution is 6.35. The summed E-state index contributed by atoms with van der Waals surface area (Å²) in [5.74, 6) is -3.05. The highest BCUT2D eigenvalue weighted by Crippen LogP contribution is 2.26. The third kappa shape index (κ3) is 5.67. The molecule has 35 heavy (non-hydrogen) atoms. The molecule has 1 saturated heterocycles. The van der Waals surface area contributed by atoms with Crippen molar-refractivity contribution in [3.63, 3.8) is 0 Å². The number of nitrogens with zero attached hydrogens (tertiary/aromatic N) is 4. The Hall–Kier alpha value is -3.34. The maximum absolute atomic E-state index is 14.7. The van der Waals surface area contributed by atoms with Gasteiger partial charge in [0.2, 0.25) is 5.95 Å². The van der Waals surface area contributed by atoms with Crippen LogP contribution in [0.15, 0.2) is 42.6 Å². The van der Waals surface area contributed by atoms with Crippen LogP contribution in [0.2, 0.25) is 10.0 Å². The number of piperazine rings is 1. The van der Waals surface area contributed by atoms with Crippen molar-refractivity contribution in [1.29, 1.82) is 0 Å². The van der Waals surface area contributed by atoms with Gasteiger partial charge in [-0.25, -0.2) is 18.7 Å². The van der Waals surface area contributed by atoms with Crippen LogP contribution in [-0.2, 0) is 0 Å². The van der Waals surface area contributed by atoms with E-state index in [4.69, 9.17) is 23.2 Å². The number of aromatic nitrogens is 2. The molecule has 3 aromatic rings. The van der Waals surface area contributed by atoms with Crippen molar-refractivity contribution in [2.24, 2.45) is 0 Å². The Morgan fingerprint density at radius 1 is 0.943 bits per heavy atom. The predicted molar refractivity (Wildman–Crippen MR) is 130 cm³/mol. The summed E-state index contributed by atoms with van der Waals surface area (Å²) in [4.78, 5) is 37.2. The molecule has 2 amide bonds. The predicted octanol–water partition coefficient (Wildman–Crippen LogP) is 4.32. The number of nitrogens with one attached hydrogen (secondary N) is 2. The van der Waals surface area contributed by atoms with Crippen LogP contribution in [0.1, 0.15) is 20.8 Å². The van der Waals surface area contributed by atoms with Crippen molar-refractivity contribution in [3.05, 3.63) is 75.5 Å². The van der Waals surface area contributed by atoms with Crippen LogP contribution < -0.4 is 15.5 Å². The molecule has 8 nitrogen and oxygen atoms in total. The van der Waals surface area contributed by atoms with Gasteiger partial charge in [0.15, 0.2) is 5.69 Å². The van der Waals surface area contributed by atoms with E-state index in [9.17, 15) is 18.4 Å². The molecule has 1 fully saturated rings. The lowest BCUT2D eigenvalue weighted by molar-refractivity contribution is 0.101. The molecule has 0 radical (unpaired) electrons. The molecule has 0 bridgehead atoms. The number of carbonyl (C=O) groups is 2. The maximum atomic E-state index is 14.7. The maximum Gasteiger partial charge on any atom is 0.276 e. The SMILES string of the molecule is CN1CCN(c2ccc(C(=O)Nc3ncc(Cl)c(C(=O)Nc4c(F)cccc4Cl)n3)cc2F)CC1. The number of likely N-dealkylation sites (N-methyl/N-ethyl adjacent to an activating group) is 1. The lowest BCUT2D eigenvalue weighted by Crippen LogP contribution is -2.44. The van der Waals surface area contributed by atoms with E-state index in [1.165, 1.54) is 18.2 Å². The molecule has 1 aliphatic heterocycles. The van der Waals surface area contributed by atoms with Crippen LogP contribution in [-0.4, -0.2) is 59.9 Å². The molecule has 0 unspecified atom stereocenters. The average molecular weight is 521 g/mol. The van der Waals surface area contributed by atoms with Crippen LogP contribution in [0.25, 0.3) is 0 Å². The average Bonchev–Trinajstić information content (AvgIpc) is 2.83. The zero-order valence-corrected chi connectivity index (χ0v) is 20.0. The first-order valence-corrected chi connectivity index (χ1v) is 11.3. The minimum atomic E-state index is -0.859. The number of hydrogen-bond acceptors (Lipinski definition) is 6. The Morgan fingerprint density at radius 2 is 1.69 bits per heavy atom. The van der Waals surface area contributed by atoms with Gasteiger partial charge < -0.3 is 15.1 Å². The quantitative estimate of drug-likeness (QED) is 0.520. The fourth-order valence-corrected chi connectivity index (χ4v) is 3.89. The van der Waals surface area contributed by atoms with Crippen molar-refractivity contribution in [2.45, 2.75) is 0 Å². The van der Waals surface area contributed by atoms with E-state index in [1.807, 2.05) is 11.9 Å². The molecule has 2 heterocycles. The second kappa shape index (κ2) is 10.5. The first-order chi connectivity index (χ1) is 16.7.